The van der Waals surface area contributed by atoms with E-state index in [2.05, 4.69) is 10.6 Å². The van der Waals surface area contributed by atoms with Gasteiger partial charge in [0.25, 0.3) is 0 Å². The van der Waals surface area contributed by atoms with Crippen LogP contribution in [0.2, 0.25) is 0 Å². The standard InChI is InChI=1S/C16H20F2N2O/c1-9(13-7-10-2-3-11(13)6-10)19-16(21)20-15-5-4-12(17)8-14(15)18/h4-5,8-11,13H,2-3,6-7H2,1H3,(H2,19,20,21)/t9-,10+,11+,13-/m1/s1. The van der Waals surface area contributed by atoms with E-state index in [4.69, 9.17) is 0 Å². The predicted molar refractivity (Wildman–Crippen MR) is 76.9 cm³/mol. The van der Waals surface area contributed by atoms with E-state index in [9.17, 15) is 13.6 Å². The van der Waals surface area contributed by atoms with Crippen molar-refractivity contribution in [2.75, 3.05) is 5.32 Å². The highest BCUT2D eigenvalue weighted by Gasteiger charge is 2.42. The minimum Gasteiger partial charge on any atom is -0.335 e. The van der Waals surface area contributed by atoms with Gasteiger partial charge < -0.3 is 10.6 Å². The lowest BCUT2D eigenvalue weighted by Gasteiger charge is -2.28. The largest absolute Gasteiger partial charge is 0.335 e. The second kappa shape index (κ2) is 5.62. The number of urea groups is 1. The first-order valence-electron chi connectivity index (χ1n) is 7.55. The molecule has 0 radical (unpaired) electrons. The molecule has 1 aromatic carbocycles. The third-order valence-electron chi connectivity index (χ3n) is 4.97. The van der Waals surface area contributed by atoms with Crippen molar-refractivity contribution in [2.45, 2.75) is 38.6 Å². The van der Waals surface area contributed by atoms with Gasteiger partial charge in [0, 0.05) is 12.1 Å². The van der Waals surface area contributed by atoms with Crippen molar-refractivity contribution in [1.82, 2.24) is 5.32 Å². The normalized spacial score (nSPS) is 28.4. The molecule has 0 aliphatic heterocycles. The van der Waals surface area contributed by atoms with E-state index in [1.165, 1.54) is 31.7 Å². The van der Waals surface area contributed by atoms with Crippen LogP contribution < -0.4 is 10.6 Å². The number of benzene rings is 1. The summed E-state index contributed by atoms with van der Waals surface area (Å²) in [4.78, 5) is 11.9. The summed E-state index contributed by atoms with van der Waals surface area (Å²) in [6.07, 6.45) is 5.04. The van der Waals surface area contributed by atoms with Crippen LogP contribution in [0, 0.1) is 29.4 Å². The number of hydrogen-bond donors (Lipinski definition) is 2. The number of fused-ring (bicyclic) bond motifs is 2. The van der Waals surface area contributed by atoms with E-state index >= 15 is 0 Å². The van der Waals surface area contributed by atoms with Crippen LogP contribution in [-0.4, -0.2) is 12.1 Å². The monoisotopic (exact) mass is 294 g/mol. The molecule has 4 atom stereocenters. The van der Waals surface area contributed by atoms with Gasteiger partial charge >= 0.3 is 6.03 Å². The molecular weight excluding hydrogens is 274 g/mol. The lowest BCUT2D eigenvalue weighted by molar-refractivity contribution is 0.230. The van der Waals surface area contributed by atoms with Crippen LogP contribution in [-0.2, 0) is 0 Å². The molecule has 5 heteroatoms. The minimum atomic E-state index is -0.766. The highest BCUT2D eigenvalue weighted by molar-refractivity contribution is 5.89. The summed E-state index contributed by atoms with van der Waals surface area (Å²) < 4.78 is 26.3. The van der Waals surface area contributed by atoms with Crippen LogP contribution >= 0.6 is 0 Å². The fourth-order valence-corrected chi connectivity index (χ4v) is 3.97. The van der Waals surface area contributed by atoms with Gasteiger partial charge in [-0.15, -0.1) is 0 Å². The van der Waals surface area contributed by atoms with Crippen LogP contribution in [0.5, 0.6) is 0 Å². The first-order valence-corrected chi connectivity index (χ1v) is 7.55. The maximum Gasteiger partial charge on any atom is 0.319 e. The topological polar surface area (TPSA) is 41.1 Å². The zero-order valence-electron chi connectivity index (χ0n) is 12.0. The van der Waals surface area contributed by atoms with Crippen molar-refractivity contribution in [3.05, 3.63) is 29.8 Å². The van der Waals surface area contributed by atoms with Gasteiger partial charge in [-0.1, -0.05) is 6.42 Å². The average molecular weight is 294 g/mol. The lowest BCUT2D eigenvalue weighted by Crippen LogP contribution is -2.42. The van der Waals surface area contributed by atoms with Gasteiger partial charge in [0.15, 0.2) is 0 Å². The van der Waals surface area contributed by atoms with Gasteiger partial charge in [-0.3, -0.25) is 0 Å². The number of amides is 2. The molecule has 2 bridgehead atoms. The molecule has 21 heavy (non-hydrogen) atoms. The van der Waals surface area contributed by atoms with Gasteiger partial charge in [-0.2, -0.15) is 0 Å². The molecule has 2 amide bonds. The Balaban J connectivity index is 1.56. The van der Waals surface area contributed by atoms with Gasteiger partial charge in [-0.05, 0) is 56.1 Å². The molecule has 0 unspecified atom stereocenters. The third kappa shape index (κ3) is 3.01. The van der Waals surface area contributed by atoms with Crippen molar-refractivity contribution >= 4 is 11.7 Å². The van der Waals surface area contributed by atoms with E-state index in [1.807, 2.05) is 6.92 Å². The average Bonchev–Trinajstić information content (AvgIpc) is 3.04. The molecular formula is C16H20F2N2O. The molecule has 2 saturated carbocycles. The van der Waals surface area contributed by atoms with Crippen molar-refractivity contribution in [3.63, 3.8) is 0 Å². The zero-order valence-corrected chi connectivity index (χ0v) is 12.0. The maximum absolute atomic E-state index is 13.5. The molecule has 0 aromatic heterocycles. The van der Waals surface area contributed by atoms with Crippen LogP contribution in [0.3, 0.4) is 0 Å². The molecule has 3 nitrogen and oxygen atoms in total. The fourth-order valence-electron chi connectivity index (χ4n) is 3.97. The number of hydrogen-bond acceptors (Lipinski definition) is 1. The molecule has 2 aliphatic rings. The van der Waals surface area contributed by atoms with Crippen molar-refractivity contribution in [2.24, 2.45) is 17.8 Å². The Morgan fingerprint density at radius 2 is 2.10 bits per heavy atom. The molecule has 2 aliphatic carbocycles. The molecule has 114 valence electrons. The second-order valence-corrected chi connectivity index (χ2v) is 6.35. The molecule has 2 N–H and O–H groups in total. The van der Waals surface area contributed by atoms with E-state index in [0.29, 0.717) is 11.8 Å². The Hall–Kier alpha value is -1.65. The van der Waals surface area contributed by atoms with E-state index in [1.54, 1.807) is 0 Å². The van der Waals surface area contributed by atoms with Crippen molar-refractivity contribution in [3.8, 4) is 0 Å². The van der Waals surface area contributed by atoms with Crippen LogP contribution in [0.15, 0.2) is 18.2 Å². The van der Waals surface area contributed by atoms with Crippen molar-refractivity contribution < 1.29 is 13.6 Å². The number of anilines is 1. The van der Waals surface area contributed by atoms with E-state index < -0.39 is 17.7 Å². The number of halogens is 2. The van der Waals surface area contributed by atoms with Gasteiger partial charge in [0.1, 0.15) is 11.6 Å². The van der Waals surface area contributed by atoms with E-state index in [-0.39, 0.29) is 11.7 Å². The SMILES string of the molecule is C[C@@H](NC(=O)Nc1ccc(F)cc1F)[C@H]1C[C@H]2CC[C@H]1C2. The van der Waals surface area contributed by atoms with E-state index in [0.717, 1.165) is 18.1 Å². The first-order chi connectivity index (χ1) is 10.0. The van der Waals surface area contributed by atoms with Crippen LogP contribution in [0.4, 0.5) is 19.3 Å². The lowest BCUT2D eigenvalue weighted by atomic mass is 9.84. The highest BCUT2D eigenvalue weighted by atomic mass is 19.1. The summed E-state index contributed by atoms with van der Waals surface area (Å²) >= 11 is 0. The molecule has 0 heterocycles. The van der Waals surface area contributed by atoms with Gasteiger partial charge in [0.05, 0.1) is 5.69 Å². The molecule has 0 spiro atoms. The Labute approximate surface area is 123 Å². The summed E-state index contributed by atoms with van der Waals surface area (Å²) in [5.74, 6) is 0.633. The molecule has 3 rings (SSSR count). The Bertz CT molecular complexity index is 549. The maximum atomic E-state index is 13.5. The molecule has 0 saturated heterocycles. The number of rotatable bonds is 3. The highest BCUT2D eigenvalue weighted by Crippen LogP contribution is 2.49. The first kappa shape index (κ1) is 14.3. The minimum absolute atomic E-state index is 0.00552. The van der Waals surface area contributed by atoms with Crippen molar-refractivity contribution in [1.29, 1.82) is 0 Å². The summed E-state index contributed by atoms with van der Waals surface area (Å²) in [7, 11) is 0. The predicted octanol–water partition coefficient (Wildman–Crippen LogP) is 3.91. The number of carbonyl (C=O) groups is 1. The molecule has 2 fully saturated rings. The Morgan fingerprint density at radius 3 is 2.71 bits per heavy atom. The summed E-state index contributed by atoms with van der Waals surface area (Å²) in [5.41, 5.74) is -0.00552. The quantitative estimate of drug-likeness (QED) is 0.872. The zero-order chi connectivity index (χ0) is 15.0. The van der Waals surface area contributed by atoms with Crippen LogP contribution in [0.25, 0.3) is 0 Å². The summed E-state index contributed by atoms with van der Waals surface area (Å²) in [6.45, 7) is 2.01. The fraction of sp³-hybridized carbons (Fsp3) is 0.562. The second-order valence-electron chi connectivity index (χ2n) is 6.35. The van der Waals surface area contributed by atoms with Gasteiger partial charge in [-0.25, -0.2) is 13.6 Å². The third-order valence-corrected chi connectivity index (χ3v) is 4.97. The van der Waals surface area contributed by atoms with Crippen LogP contribution in [0.1, 0.15) is 32.6 Å². The smallest absolute Gasteiger partial charge is 0.319 e. The number of nitrogens with one attached hydrogen (secondary N) is 2. The summed E-state index contributed by atoms with van der Waals surface area (Å²) in [6, 6.07) is 2.75. The summed E-state index contributed by atoms with van der Waals surface area (Å²) in [5, 5.41) is 5.33. The number of carbonyl (C=O) groups excluding carboxylic acids is 1. The molecule has 1 aromatic rings. The van der Waals surface area contributed by atoms with Gasteiger partial charge in [0.2, 0.25) is 0 Å². The Morgan fingerprint density at radius 1 is 1.29 bits per heavy atom. The Kier molecular flexibility index (Phi) is 3.83.